The molecule has 3 heterocycles. The first kappa shape index (κ1) is 13.1. The molecule has 8 heteroatoms. The van der Waals surface area contributed by atoms with E-state index in [0.717, 1.165) is 0 Å². The highest BCUT2D eigenvalue weighted by atomic mass is 16.4. The topological polar surface area (TPSA) is 99.0 Å². The van der Waals surface area contributed by atoms with Gasteiger partial charge in [-0.15, -0.1) is 5.10 Å². The van der Waals surface area contributed by atoms with Crippen LogP contribution in [-0.2, 0) is 18.3 Å². The second kappa shape index (κ2) is 5.23. The first-order valence-corrected chi connectivity index (χ1v) is 6.30. The lowest BCUT2D eigenvalue weighted by Gasteiger charge is -2.09. The summed E-state index contributed by atoms with van der Waals surface area (Å²) in [5.41, 5.74) is 0.521. The number of carboxylic acid groups (broad SMARTS) is 1. The fourth-order valence-electron chi connectivity index (χ4n) is 2.06. The largest absolute Gasteiger partial charge is 0.480 e. The van der Waals surface area contributed by atoms with Gasteiger partial charge in [0.1, 0.15) is 11.5 Å². The molecule has 3 aromatic heterocycles. The fraction of sp³-hybridized carbons (Fsp3) is 0.231. The van der Waals surface area contributed by atoms with Crippen LogP contribution in [0, 0.1) is 0 Å². The van der Waals surface area contributed by atoms with Gasteiger partial charge < -0.3 is 14.1 Å². The number of aryl methyl sites for hydroxylation is 1. The van der Waals surface area contributed by atoms with E-state index < -0.39 is 12.0 Å². The highest BCUT2D eigenvalue weighted by molar-refractivity contribution is 5.72. The lowest BCUT2D eigenvalue weighted by molar-refractivity contribution is -0.141. The molecule has 108 valence electrons. The van der Waals surface area contributed by atoms with E-state index in [1.165, 1.54) is 10.9 Å². The molecule has 0 aromatic carbocycles. The SMILES string of the molecule is Cn1ccnc1-c1cn([C@H](Cc2ccco2)C(=O)O)nn1. The molecule has 0 spiro atoms. The summed E-state index contributed by atoms with van der Waals surface area (Å²) < 4.78 is 8.30. The Balaban J connectivity index is 1.89. The summed E-state index contributed by atoms with van der Waals surface area (Å²) in [5.74, 6) is 0.211. The molecule has 1 N–H and O–H groups in total. The van der Waals surface area contributed by atoms with Crippen LogP contribution < -0.4 is 0 Å². The normalized spacial score (nSPS) is 12.4. The zero-order chi connectivity index (χ0) is 14.8. The van der Waals surface area contributed by atoms with Crippen LogP contribution in [-0.4, -0.2) is 35.6 Å². The van der Waals surface area contributed by atoms with Crippen LogP contribution in [0.2, 0.25) is 0 Å². The molecule has 0 radical (unpaired) electrons. The Morgan fingerprint density at radius 3 is 3.00 bits per heavy atom. The Morgan fingerprint density at radius 1 is 1.52 bits per heavy atom. The molecule has 3 aromatic rings. The van der Waals surface area contributed by atoms with Crippen LogP contribution in [0.5, 0.6) is 0 Å². The molecular weight excluding hydrogens is 274 g/mol. The maximum Gasteiger partial charge on any atom is 0.329 e. The maximum atomic E-state index is 11.4. The summed E-state index contributed by atoms with van der Waals surface area (Å²) in [6.45, 7) is 0. The minimum absolute atomic E-state index is 0.200. The van der Waals surface area contributed by atoms with Gasteiger partial charge >= 0.3 is 5.97 Å². The third-order valence-electron chi connectivity index (χ3n) is 3.14. The third-order valence-corrected chi connectivity index (χ3v) is 3.14. The number of aromatic nitrogens is 5. The van der Waals surface area contributed by atoms with Gasteiger partial charge in [0.25, 0.3) is 0 Å². The number of nitrogens with zero attached hydrogens (tertiary/aromatic N) is 5. The number of furan rings is 1. The van der Waals surface area contributed by atoms with E-state index in [1.54, 1.807) is 35.3 Å². The molecule has 0 aliphatic carbocycles. The number of carboxylic acids is 1. The van der Waals surface area contributed by atoms with Gasteiger partial charge in [-0.2, -0.15) is 0 Å². The molecular formula is C13H13N5O3. The standard InChI is InChI=1S/C13H13N5O3/c1-17-5-4-14-12(17)10-8-18(16-15-10)11(13(19)20)7-9-3-2-6-21-9/h2-6,8,11H,7H2,1H3,(H,19,20)/t11-/m1/s1. The van der Waals surface area contributed by atoms with Crippen molar-refractivity contribution in [3.05, 3.63) is 42.7 Å². The predicted octanol–water partition coefficient (Wildman–Crippen LogP) is 1.14. The van der Waals surface area contributed by atoms with E-state index in [2.05, 4.69) is 15.3 Å². The Kier molecular flexibility index (Phi) is 3.27. The second-order valence-corrected chi connectivity index (χ2v) is 4.58. The third kappa shape index (κ3) is 2.55. The van der Waals surface area contributed by atoms with Crippen molar-refractivity contribution in [2.24, 2.45) is 7.05 Å². The quantitative estimate of drug-likeness (QED) is 0.755. The van der Waals surface area contributed by atoms with E-state index in [9.17, 15) is 9.90 Å². The van der Waals surface area contributed by atoms with E-state index in [1.807, 2.05) is 7.05 Å². The van der Waals surface area contributed by atoms with Gasteiger partial charge in [0, 0.05) is 25.9 Å². The summed E-state index contributed by atoms with van der Waals surface area (Å²) >= 11 is 0. The Labute approximate surface area is 119 Å². The predicted molar refractivity (Wildman–Crippen MR) is 71.3 cm³/mol. The number of carbonyl (C=O) groups is 1. The molecule has 0 aliphatic heterocycles. The van der Waals surface area contributed by atoms with Crippen molar-refractivity contribution in [3.8, 4) is 11.5 Å². The lowest BCUT2D eigenvalue weighted by atomic mass is 10.2. The monoisotopic (exact) mass is 287 g/mol. The molecule has 0 bridgehead atoms. The maximum absolute atomic E-state index is 11.4. The van der Waals surface area contributed by atoms with Crippen LogP contribution >= 0.6 is 0 Å². The van der Waals surface area contributed by atoms with Crippen LogP contribution in [0.4, 0.5) is 0 Å². The molecule has 0 saturated carbocycles. The van der Waals surface area contributed by atoms with Gasteiger partial charge in [-0.3, -0.25) is 0 Å². The molecule has 0 amide bonds. The van der Waals surface area contributed by atoms with Crippen molar-refractivity contribution in [2.45, 2.75) is 12.5 Å². The van der Waals surface area contributed by atoms with E-state index in [4.69, 9.17) is 4.42 Å². The molecule has 3 rings (SSSR count). The van der Waals surface area contributed by atoms with Crippen LogP contribution in [0.15, 0.2) is 41.4 Å². The van der Waals surface area contributed by atoms with Crippen molar-refractivity contribution in [1.82, 2.24) is 24.5 Å². The van der Waals surface area contributed by atoms with Gasteiger partial charge in [-0.1, -0.05) is 5.21 Å². The lowest BCUT2D eigenvalue weighted by Crippen LogP contribution is -2.21. The first-order valence-electron chi connectivity index (χ1n) is 6.30. The van der Waals surface area contributed by atoms with Crippen molar-refractivity contribution in [1.29, 1.82) is 0 Å². The molecule has 21 heavy (non-hydrogen) atoms. The summed E-state index contributed by atoms with van der Waals surface area (Å²) in [5, 5.41) is 17.3. The summed E-state index contributed by atoms with van der Waals surface area (Å²) in [4.78, 5) is 15.6. The van der Waals surface area contributed by atoms with Gasteiger partial charge in [0.05, 0.1) is 12.5 Å². The molecule has 0 unspecified atom stereocenters. The van der Waals surface area contributed by atoms with Gasteiger partial charge in [0.2, 0.25) is 0 Å². The molecule has 8 nitrogen and oxygen atoms in total. The highest BCUT2D eigenvalue weighted by Gasteiger charge is 2.23. The minimum atomic E-state index is -0.998. The van der Waals surface area contributed by atoms with Crippen molar-refractivity contribution < 1.29 is 14.3 Å². The molecule has 0 fully saturated rings. The first-order chi connectivity index (χ1) is 10.1. The smallest absolute Gasteiger partial charge is 0.329 e. The van der Waals surface area contributed by atoms with Crippen LogP contribution in [0.3, 0.4) is 0 Å². The van der Waals surface area contributed by atoms with E-state index >= 15 is 0 Å². The second-order valence-electron chi connectivity index (χ2n) is 4.58. The van der Waals surface area contributed by atoms with E-state index in [-0.39, 0.29) is 6.42 Å². The summed E-state index contributed by atoms with van der Waals surface area (Å²) in [6.07, 6.45) is 6.71. The number of rotatable bonds is 5. The number of hydrogen-bond donors (Lipinski definition) is 1. The highest BCUT2D eigenvalue weighted by Crippen LogP contribution is 2.18. The average Bonchev–Trinajstić information content (AvgIpc) is 3.16. The van der Waals surface area contributed by atoms with Crippen molar-refractivity contribution in [3.63, 3.8) is 0 Å². The van der Waals surface area contributed by atoms with Crippen LogP contribution in [0.1, 0.15) is 11.8 Å². The minimum Gasteiger partial charge on any atom is -0.480 e. The summed E-state index contributed by atoms with van der Waals surface area (Å²) in [6, 6.07) is 2.57. The van der Waals surface area contributed by atoms with Gasteiger partial charge in [0.15, 0.2) is 11.9 Å². The molecule has 0 aliphatic rings. The van der Waals surface area contributed by atoms with Crippen molar-refractivity contribution in [2.75, 3.05) is 0 Å². The Hall–Kier alpha value is -2.90. The number of hydrogen-bond acceptors (Lipinski definition) is 5. The zero-order valence-electron chi connectivity index (χ0n) is 11.2. The Morgan fingerprint density at radius 2 is 2.38 bits per heavy atom. The van der Waals surface area contributed by atoms with Gasteiger partial charge in [-0.05, 0) is 12.1 Å². The number of imidazole rings is 1. The zero-order valence-corrected chi connectivity index (χ0v) is 11.2. The average molecular weight is 287 g/mol. The summed E-state index contributed by atoms with van der Waals surface area (Å²) in [7, 11) is 1.83. The van der Waals surface area contributed by atoms with Crippen LogP contribution in [0.25, 0.3) is 11.5 Å². The Bertz CT molecular complexity index is 744. The van der Waals surface area contributed by atoms with Crippen molar-refractivity contribution >= 4 is 5.97 Å². The molecule has 1 atom stereocenters. The van der Waals surface area contributed by atoms with E-state index in [0.29, 0.717) is 17.3 Å². The number of aliphatic carboxylic acids is 1. The molecule has 0 saturated heterocycles. The fourth-order valence-corrected chi connectivity index (χ4v) is 2.06. The van der Waals surface area contributed by atoms with Gasteiger partial charge in [-0.25, -0.2) is 14.5 Å².